The zero-order valence-corrected chi connectivity index (χ0v) is 16.5. The lowest BCUT2D eigenvalue weighted by Gasteiger charge is -2.16. The van der Waals surface area contributed by atoms with Gasteiger partial charge in [-0.05, 0) is 19.1 Å². The molecule has 0 radical (unpaired) electrons. The number of hydrogen-bond acceptors (Lipinski definition) is 6. The third-order valence-electron chi connectivity index (χ3n) is 4.58. The van der Waals surface area contributed by atoms with E-state index in [0.717, 1.165) is 17.3 Å². The normalized spacial score (nSPS) is 16.2. The zero-order chi connectivity index (χ0) is 20.1. The van der Waals surface area contributed by atoms with Crippen LogP contribution in [0, 0.1) is 12.8 Å². The predicted molar refractivity (Wildman–Crippen MR) is 109 cm³/mol. The number of carbonyl (C=O) groups excluding carboxylic acids is 2. The van der Waals surface area contributed by atoms with Gasteiger partial charge >= 0.3 is 0 Å². The van der Waals surface area contributed by atoms with Gasteiger partial charge in [0.15, 0.2) is 0 Å². The molecule has 0 bridgehead atoms. The molecule has 2 aromatic rings. The highest BCUT2D eigenvalue weighted by Crippen LogP contribution is 2.24. The highest BCUT2D eigenvalue weighted by Gasteiger charge is 2.34. The molecule has 0 aliphatic carbocycles. The second-order valence-corrected chi connectivity index (χ2v) is 7.01. The van der Waals surface area contributed by atoms with E-state index in [4.69, 9.17) is 0 Å². The van der Waals surface area contributed by atoms with Crippen molar-refractivity contribution < 1.29 is 9.59 Å². The van der Waals surface area contributed by atoms with E-state index in [0.29, 0.717) is 25.5 Å². The van der Waals surface area contributed by atoms with Crippen molar-refractivity contribution in [2.75, 3.05) is 48.8 Å². The van der Waals surface area contributed by atoms with E-state index in [2.05, 4.69) is 20.6 Å². The minimum Gasteiger partial charge on any atom is -0.368 e. The van der Waals surface area contributed by atoms with Crippen molar-refractivity contribution in [3.05, 3.63) is 42.2 Å². The Morgan fingerprint density at radius 2 is 1.96 bits per heavy atom. The number of anilines is 3. The van der Waals surface area contributed by atoms with E-state index < -0.39 is 0 Å². The molecule has 3 rings (SSSR count). The van der Waals surface area contributed by atoms with Gasteiger partial charge in [-0.15, -0.1) is 0 Å². The fraction of sp³-hybridized carbons (Fsp3) is 0.400. The average molecular weight is 382 g/mol. The minimum atomic E-state index is -0.325. The van der Waals surface area contributed by atoms with Gasteiger partial charge in [-0.1, -0.05) is 18.2 Å². The van der Waals surface area contributed by atoms with E-state index in [1.54, 1.807) is 4.90 Å². The molecule has 1 aromatic carbocycles. The molecule has 0 spiro atoms. The van der Waals surface area contributed by atoms with Crippen LogP contribution < -0.4 is 20.4 Å². The van der Waals surface area contributed by atoms with Gasteiger partial charge in [0.2, 0.25) is 11.8 Å². The second kappa shape index (κ2) is 8.69. The molecule has 1 unspecified atom stereocenters. The van der Waals surface area contributed by atoms with Crippen molar-refractivity contribution in [1.29, 1.82) is 0 Å². The monoisotopic (exact) mass is 382 g/mol. The molecule has 0 saturated carbocycles. The number of carbonyl (C=O) groups is 2. The first-order valence-corrected chi connectivity index (χ1v) is 9.34. The van der Waals surface area contributed by atoms with Crippen molar-refractivity contribution in [2.24, 2.45) is 5.92 Å². The molecule has 1 saturated heterocycles. The lowest BCUT2D eigenvalue weighted by molar-refractivity contribution is -0.126. The molecule has 2 amide bonds. The van der Waals surface area contributed by atoms with Crippen molar-refractivity contribution in [1.82, 2.24) is 15.3 Å². The van der Waals surface area contributed by atoms with Crippen molar-refractivity contribution in [3.63, 3.8) is 0 Å². The van der Waals surface area contributed by atoms with Crippen LogP contribution in [0.2, 0.25) is 0 Å². The first-order valence-electron chi connectivity index (χ1n) is 9.34. The van der Waals surface area contributed by atoms with Crippen LogP contribution in [0.25, 0.3) is 0 Å². The Bertz CT molecular complexity index is 840. The van der Waals surface area contributed by atoms with Crippen molar-refractivity contribution in [3.8, 4) is 0 Å². The molecule has 28 heavy (non-hydrogen) atoms. The summed E-state index contributed by atoms with van der Waals surface area (Å²) < 4.78 is 0. The summed E-state index contributed by atoms with van der Waals surface area (Å²) in [6.45, 7) is 3.25. The molecule has 2 heterocycles. The Balaban J connectivity index is 1.47. The van der Waals surface area contributed by atoms with Gasteiger partial charge < -0.3 is 20.4 Å². The lowest BCUT2D eigenvalue weighted by atomic mass is 10.1. The SMILES string of the molecule is Cc1nc(NCCNC(=O)C2CC(=O)N(c3ccccc3)C2)cc(N(C)C)n1. The summed E-state index contributed by atoms with van der Waals surface area (Å²) in [4.78, 5) is 37.0. The van der Waals surface area contributed by atoms with Crippen LogP contribution in [-0.2, 0) is 9.59 Å². The van der Waals surface area contributed by atoms with Crippen LogP contribution >= 0.6 is 0 Å². The maximum atomic E-state index is 12.4. The van der Waals surface area contributed by atoms with Crippen molar-refractivity contribution in [2.45, 2.75) is 13.3 Å². The number of amides is 2. The van der Waals surface area contributed by atoms with E-state index >= 15 is 0 Å². The number of para-hydroxylation sites is 1. The molecular formula is C20H26N6O2. The smallest absolute Gasteiger partial charge is 0.227 e. The van der Waals surface area contributed by atoms with Crippen molar-refractivity contribution >= 4 is 29.1 Å². The Hall–Kier alpha value is -3.16. The summed E-state index contributed by atoms with van der Waals surface area (Å²) in [5.74, 6) is 1.79. The molecule has 1 fully saturated rings. The van der Waals surface area contributed by atoms with Gasteiger partial charge in [-0.2, -0.15) is 0 Å². The number of aryl methyl sites for hydroxylation is 1. The average Bonchev–Trinajstić information content (AvgIpc) is 3.07. The number of benzene rings is 1. The highest BCUT2D eigenvalue weighted by molar-refractivity contribution is 6.00. The molecule has 8 nitrogen and oxygen atoms in total. The molecule has 1 aromatic heterocycles. The summed E-state index contributed by atoms with van der Waals surface area (Å²) in [5.41, 5.74) is 0.834. The Labute approximate surface area is 165 Å². The predicted octanol–water partition coefficient (Wildman–Crippen LogP) is 1.43. The quantitative estimate of drug-likeness (QED) is 0.704. The topological polar surface area (TPSA) is 90.5 Å². The van der Waals surface area contributed by atoms with Crippen LogP contribution in [0.1, 0.15) is 12.2 Å². The molecular weight excluding hydrogens is 356 g/mol. The van der Waals surface area contributed by atoms with E-state index in [1.165, 1.54) is 0 Å². The summed E-state index contributed by atoms with van der Waals surface area (Å²) in [6.07, 6.45) is 0.242. The second-order valence-electron chi connectivity index (χ2n) is 7.01. The first-order chi connectivity index (χ1) is 13.4. The van der Waals surface area contributed by atoms with Gasteiger partial charge in [0.05, 0.1) is 5.92 Å². The fourth-order valence-electron chi connectivity index (χ4n) is 3.13. The number of nitrogens with zero attached hydrogens (tertiary/aromatic N) is 4. The molecule has 1 aliphatic rings. The Morgan fingerprint density at radius 3 is 2.68 bits per heavy atom. The third kappa shape index (κ3) is 4.76. The summed E-state index contributed by atoms with van der Waals surface area (Å²) in [7, 11) is 3.85. The van der Waals surface area contributed by atoms with Gasteiger partial charge in [0, 0.05) is 51.9 Å². The Morgan fingerprint density at radius 1 is 1.21 bits per heavy atom. The van der Waals surface area contributed by atoms with Crippen LogP contribution in [0.15, 0.2) is 36.4 Å². The van der Waals surface area contributed by atoms with Crippen LogP contribution in [0.3, 0.4) is 0 Å². The minimum absolute atomic E-state index is 0.0165. The van der Waals surface area contributed by atoms with Gasteiger partial charge in [-0.3, -0.25) is 9.59 Å². The lowest BCUT2D eigenvalue weighted by Crippen LogP contribution is -2.35. The van der Waals surface area contributed by atoms with E-state index in [-0.39, 0.29) is 24.2 Å². The fourth-order valence-corrected chi connectivity index (χ4v) is 3.13. The first kappa shape index (κ1) is 19.6. The molecule has 2 N–H and O–H groups in total. The summed E-state index contributed by atoms with van der Waals surface area (Å²) in [5, 5.41) is 6.11. The van der Waals surface area contributed by atoms with Crippen LogP contribution in [0.4, 0.5) is 17.3 Å². The number of rotatable bonds is 7. The highest BCUT2D eigenvalue weighted by atomic mass is 16.2. The number of nitrogens with one attached hydrogen (secondary N) is 2. The van der Waals surface area contributed by atoms with Gasteiger partial charge in [0.1, 0.15) is 17.5 Å². The number of aromatic nitrogens is 2. The summed E-state index contributed by atoms with van der Waals surface area (Å²) in [6, 6.07) is 11.3. The van der Waals surface area contributed by atoms with Gasteiger partial charge in [0.25, 0.3) is 0 Å². The Kier molecular flexibility index (Phi) is 6.08. The largest absolute Gasteiger partial charge is 0.368 e. The van der Waals surface area contributed by atoms with E-state index in [9.17, 15) is 9.59 Å². The standard InChI is InChI=1S/C20H26N6O2/c1-14-23-17(12-18(24-14)25(2)3)21-9-10-22-20(28)15-11-19(27)26(13-15)16-7-5-4-6-8-16/h4-8,12,15H,9-11,13H2,1-3H3,(H,22,28)(H,21,23,24). The summed E-state index contributed by atoms with van der Waals surface area (Å²) >= 11 is 0. The van der Waals surface area contributed by atoms with Crippen LogP contribution in [-0.4, -0.2) is 55.5 Å². The molecule has 8 heteroatoms. The number of hydrogen-bond donors (Lipinski definition) is 2. The molecule has 1 atom stereocenters. The van der Waals surface area contributed by atoms with E-state index in [1.807, 2.05) is 62.3 Å². The van der Waals surface area contributed by atoms with Gasteiger partial charge in [-0.25, -0.2) is 9.97 Å². The zero-order valence-electron chi connectivity index (χ0n) is 16.5. The third-order valence-corrected chi connectivity index (χ3v) is 4.58. The maximum Gasteiger partial charge on any atom is 0.227 e. The van der Waals surface area contributed by atoms with Crippen LogP contribution in [0.5, 0.6) is 0 Å². The molecule has 1 aliphatic heterocycles. The maximum absolute atomic E-state index is 12.4. The molecule has 148 valence electrons.